The molecule has 3 heteroatoms. The van der Waals surface area contributed by atoms with Crippen LogP contribution < -0.4 is 0 Å². The van der Waals surface area contributed by atoms with Crippen molar-refractivity contribution in [1.82, 2.24) is 0 Å². The number of alkyl halides is 1. The lowest BCUT2D eigenvalue weighted by atomic mass is 10.0. The Morgan fingerprint density at radius 2 is 1.72 bits per heavy atom. The first-order valence-corrected chi connectivity index (χ1v) is 7.38. The van der Waals surface area contributed by atoms with Gasteiger partial charge in [-0.1, -0.05) is 63.4 Å². The Morgan fingerprint density at radius 3 is 2.33 bits per heavy atom. The average Bonchev–Trinajstić information content (AvgIpc) is 2.35. The van der Waals surface area contributed by atoms with E-state index >= 15 is 0 Å². The van der Waals surface area contributed by atoms with Gasteiger partial charge in [0.15, 0.2) is 0 Å². The number of rotatable bonds is 3. The van der Waals surface area contributed by atoms with E-state index in [1.807, 2.05) is 43.3 Å². The van der Waals surface area contributed by atoms with Gasteiger partial charge in [-0.3, -0.25) is 0 Å². The van der Waals surface area contributed by atoms with Crippen LogP contribution in [0.15, 0.2) is 42.5 Å². The van der Waals surface area contributed by atoms with Gasteiger partial charge in [0.25, 0.3) is 0 Å². The number of hydrogen-bond acceptors (Lipinski definition) is 0. The lowest BCUT2D eigenvalue weighted by molar-refractivity contribution is 0.948. The highest BCUT2D eigenvalue weighted by Crippen LogP contribution is 2.30. The molecular formula is C15H13BrCl2. The third-order valence-corrected chi connectivity index (χ3v) is 4.40. The molecule has 0 saturated carbocycles. The molecule has 2 aromatic carbocycles. The molecule has 0 amide bonds. The number of halogens is 3. The van der Waals surface area contributed by atoms with Crippen molar-refractivity contribution < 1.29 is 0 Å². The van der Waals surface area contributed by atoms with E-state index in [1.54, 1.807) is 0 Å². The standard InChI is InChI=1S/C15H13BrCl2/c1-10-2-5-12(9-15(10)18)14(16)8-11-3-6-13(17)7-4-11/h2-7,9,14H,8H2,1H3. The molecule has 0 bridgehead atoms. The third kappa shape index (κ3) is 3.50. The van der Waals surface area contributed by atoms with Gasteiger partial charge in [0.2, 0.25) is 0 Å². The van der Waals surface area contributed by atoms with E-state index in [2.05, 4.69) is 22.0 Å². The topological polar surface area (TPSA) is 0 Å². The minimum Gasteiger partial charge on any atom is -0.0843 e. The van der Waals surface area contributed by atoms with Gasteiger partial charge in [0, 0.05) is 14.9 Å². The molecule has 0 heterocycles. The van der Waals surface area contributed by atoms with Crippen LogP contribution in [0.1, 0.15) is 21.5 Å². The normalized spacial score (nSPS) is 12.4. The van der Waals surface area contributed by atoms with Crippen LogP contribution in [0.5, 0.6) is 0 Å². The molecule has 0 aliphatic heterocycles. The van der Waals surface area contributed by atoms with Crippen LogP contribution in [0.25, 0.3) is 0 Å². The zero-order chi connectivity index (χ0) is 13.1. The Morgan fingerprint density at radius 1 is 1.06 bits per heavy atom. The smallest absolute Gasteiger partial charge is 0.0438 e. The Hall–Kier alpha value is -0.500. The van der Waals surface area contributed by atoms with E-state index in [1.165, 1.54) is 11.1 Å². The lowest BCUT2D eigenvalue weighted by Crippen LogP contribution is -1.95. The monoisotopic (exact) mass is 342 g/mol. The van der Waals surface area contributed by atoms with Crippen LogP contribution in [0.4, 0.5) is 0 Å². The maximum Gasteiger partial charge on any atom is 0.0438 e. The second-order valence-corrected chi connectivity index (χ2v) is 6.26. The predicted molar refractivity (Wildman–Crippen MR) is 83.0 cm³/mol. The molecule has 0 nitrogen and oxygen atoms in total. The maximum atomic E-state index is 6.14. The van der Waals surface area contributed by atoms with Crippen molar-refractivity contribution in [2.24, 2.45) is 0 Å². The number of hydrogen-bond donors (Lipinski definition) is 0. The fourth-order valence-corrected chi connectivity index (χ4v) is 2.72. The largest absolute Gasteiger partial charge is 0.0843 e. The molecule has 18 heavy (non-hydrogen) atoms. The van der Waals surface area contributed by atoms with Gasteiger partial charge in [0.05, 0.1) is 0 Å². The fourth-order valence-electron chi connectivity index (χ4n) is 1.75. The van der Waals surface area contributed by atoms with Gasteiger partial charge in [-0.25, -0.2) is 0 Å². The summed E-state index contributed by atoms with van der Waals surface area (Å²) >= 11 is 15.7. The van der Waals surface area contributed by atoms with Gasteiger partial charge >= 0.3 is 0 Å². The molecule has 0 aromatic heterocycles. The van der Waals surface area contributed by atoms with Crippen molar-refractivity contribution in [3.05, 3.63) is 69.2 Å². The first-order valence-electron chi connectivity index (χ1n) is 5.71. The van der Waals surface area contributed by atoms with Crippen molar-refractivity contribution >= 4 is 39.1 Å². The fraction of sp³-hybridized carbons (Fsp3) is 0.200. The Bertz CT molecular complexity index is 535. The summed E-state index contributed by atoms with van der Waals surface area (Å²) < 4.78 is 0. The zero-order valence-electron chi connectivity index (χ0n) is 9.96. The van der Waals surface area contributed by atoms with Gasteiger partial charge in [0.1, 0.15) is 0 Å². The minimum absolute atomic E-state index is 0.261. The van der Waals surface area contributed by atoms with Gasteiger partial charge in [-0.2, -0.15) is 0 Å². The summed E-state index contributed by atoms with van der Waals surface area (Å²) in [6.45, 7) is 2.01. The summed E-state index contributed by atoms with van der Waals surface area (Å²) in [6.07, 6.45) is 0.913. The van der Waals surface area contributed by atoms with Gasteiger partial charge in [-0.15, -0.1) is 0 Å². The number of aryl methyl sites for hydroxylation is 1. The predicted octanol–water partition coefficient (Wildman–Crippen LogP) is 5.98. The molecule has 1 atom stereocenters. The number of benzene rings is 2. The minimum atomic E-state index is 0.261. The molecule has 2 aromatic rings. The van der Waals surface area contributed by atoms with Crippen molar-refractivity contribution in [3.8, 4) is 0 Å². The Balaban J connectivity index is 2.13. The maximum absolute atomic E-state index is 6.14. The molecule has 1 unspecified atom stereocenters. The molecule has 0 saturated heterocycles. The van der Waals surface area contributed by atoms with E-state index in [0.29, 0.717) is 0 Å². The van der Waals surface area contributed by atoms with E-state index in [9.17, 15) is 0 Å². The summed E-state index contributed by atoms with van der Waals surface area (Å²) in [6, 6.07) is 14.1. The molecule has 0 aliphatic carbocycles. The Labute approximate surface area is 126 Å². The van der Waals surface area contributed by atoms with Crippen molar-refractivity contribution in [1.29, 1.82) is 0 Å². The highest BCUT2D eigenvalue weighted by Gasteiger charge is 2.09. The van der Waals surface area contributed by atoms with E-state index in [0.717, 1.165) is 22.0 Å². The van der Waals surface area contributed by atoms with Crippen molar-refractivity contribution in [2.45, 2.75) is 18.2 Å². The molecule has 2 rings (SSSR count). The molecule has 0 spiro atoms. The van der Waals surface area contributed by atoms with Crippen LogP contribution in [0.2, 0.25) is 10.0 Å². The van der Waals surface area contributed by atoms with E-state index < -0.39 is 0 Å². The second kappa shape index (κ2) is 6.10. The van der Waals surface area contributed by atoms with E-state index in [4.69, 9.17) is 23.2 Å². The summed E-state index contributed by atoms with van der Waals surface area (Å²) in [7, 11) is 0. The summed E-state index contributed by atoms with van der Waals surface area (Å²) in [5.41, 5.74) is 3.55. The average molecular weight is 344 g/mol. The van der Waals surface area contributed by atoms with E-state index in [-0.39, 0.29) is 4.83 Å². The molecule has 0 N–H and O–H groups in total. The molecule has 0 aliphatic rings. The molecular weight excluding hydrogens is 331 g/mol. The first kappa shape index (κ1) is 13.9. The molecule has 0 radical (unpaired) electrons. The first-order chi connectivity index (χ1) is 8.56. The lowest BCUT2D eigenvalue weighted by Gasteiger charge is -2.11. The van der Waals surface area contributed by atoms with Crippen LogP contribution in [-0.2, 0) is 6.42 Å². The third-order valence-electron chi connectivity index (χ3n) is 2.89. The summed E-state index contributed by atoms with van der Waals surface area (Å²) in [4.78, 5) is 0.261. The SMILES string of the molecule is Cc1ccc(C(Br)Cc2ccc(Cl)cc2)cc1Cl. The highest BCUT2D eigenvalue weighted by atomic mass is 79.9. The highest BCUT2D eigenvalue weighted by molar-refractivity contribution is 9.09. The quantitative estimate of drug-likeness (QED) is 0.601. The van der Waals surface area contributed by atoms with Crippen LogP contribution >= 0.6 is 39.1 Å². The molecule has 0 fully saturated rings. The zero-order valence-corrected chi connectivity index (χ0v) is 13.1. The van der Waals surface area contributed by atoms with Crippen molar-refractivity contribution in [2.75, 3.05) is 0 Å². The summed E-state index contributed by atoms with van der Waals surface area (Å²) in [5, 5.41) is 1.58. The molecule has 94 valence electrons. The van der Waals surface area contributed by atoms with Crippen molar-refractivity contribution in [3.63, 3.8) is 0 Å². The van der Waals surface area contributed by atoms with Gasteiger partial charge < -0.3 is 0 Å². The second-order valence-electron chi connectivity index (χ2n) is 4.31. The summed E-state index contributed by atoms with van der Waals surface area (Å²) in [5.74, 6) is 0. The van der Waals surface area contributed by atoms with Gasteiger partial charge in [-0.05, 0) is 48.2 Å². The van der Waals surface area contributed by atoms with Crippen LogP contribution in [-0.4, -0.2) is 0 Å². The van der Waals surface area contributed by atoms with Crippen LogP contribution in [0, 0.1) is 6.92 Å². The Kier molecular flexibility index (Phi) is 4.71. The van der Waals surface area contributed by atoms with Crippen LogP contribution in [0.3, 0.4) is 0 Å².